The number of esters is 1. The SMILES string of the molecule is CCN(CC)c1ccc2c(c1)OC(=O)C(CC(=O)O)C2C. The normalized spacial score (nSPS) is 20.6. The van der Waals surface area contributed by atoms with Crippen molar-refractivity contribution >= 4 is 17.6 Å². The molecule has 1 N–H and O–H groups in total. The van der Waals surface area contributed by atoms with E-state index in [-0.39, 0.29) is 12.3 Å². The maximum absolute atomic E-state index is 12.0. The molecule has 0 amide bonds. The van der Waals surface area contributed by atoms with Crippen molar-refractivity contribution < 1.29 is 19.4 Å². The van der Waals surface area contributed by atoms with Gasteiger partial charge in [-0.1, -0.05) is 13.0 Å². The maximum Gasteiger partial charge on any atom is 0.315 e. The van der Waals surface area contributed by atoms with E-state index >= 15 is 0 Å². The van der Waals surface area contributed by atoms with Crippen molar-refractivity contribution in [2.45, 2.75) is 33.1 Å². The molecule has 1 heterocycles. The van der Waals surface area contributed by atoms with Gasteiger partial charge in [-0.15, -0.1) is 0 Å². The average Bonchev–Trinajstić information content (AvgIpc) is 2.44. The van der Waals surface area contributed by atoms with Crippen molar-refractivity contribution in [3.8, 4) is 5.75 Å². The molecule has 0 radical (unpaired) electrons. The summed E-state index contributed by atoms with van der Waals surface area (Å²) < 4.78 is 5.37. The Hall–Kier alpha value is -2.04. The molecule has 0 fully saturated rings. The van der Waals surface area contributed by atoms with Gasteiger partial charge in [0, 0.05) is 24.8 Å². The highest BCUT2D eigenvalue weighted by Gasteiger charge is 2.36. The summed E-state index contributed by atoms with van der Waals surface area (Å²) in [5, 5.41) is 8.92. The monoisotopic (exact) mass is 291 g/mol. The van der Waals surface area contributed by atoms with E-state index in [2.05, 4.69) is 18.7 Å². The molecule has 0 saturated heterocycles. The molecule has 2 rings (SSSR count). The lowest BCUT2D eigenvalue weighted by molar-refractivity contribution is -0.148. The number of carbonyl (C=O) groups is 2. The van der Waals surface area contributed by atoms with Crippen molar-refractivity contribution in [1.29, 1.82) is 0 Å². The van der Waals surface area contributed by atoms with Crippen LogP contribution in [-0.2, 0) is 9.59 Å². The highest BCUT2D eigenvalue weighted by Crippen LogP contribution is 2.40. The number of anilines is 1. The third-order valence-electron chi connectivity index (χ3n) is 4.13. The smallest absolute Gasteiger partial charge is 0.315 e. The lowest BCUT2D eigenvalue weighted by Crippen LogP contribution is -2.32. The topological polar surface area (TPSA) is 66.8 Å². The summed E-state index contributed by atoms with van der Waals surface area (Å²) in [5.41, 5.74) is 1.91. The van der Waals surface area contributed by atoms with Crippen LogP contribution in [0.1, 0.15) is 38.7 Å². The van der Waals surface area contributed by atoms with Gasteiger partial charge in [0.05, 0.1) is 12.3 Å². The number of aliphatic carboxylic acids is 1. The van der Waals surface area contributed by atoms with Gasteiger partial charge in [0.15, 0.2) is 0 Å². The van der Waals surface area contributed by atoms with Gasteiger partial charge >= 0.3 is 11.9 Å². The Labute approximate surface area is 124 Å². The highest BCUT2D eigenvalue weighted by atomic mass is 16.5. The molecular weight excluding hydrogens is 270 g/mol. The van der Waals surface area contributed by atoms with E-state index in [0.717, 1.165) is 24.3 Å². The van der Waals surface area contributed by atoms with Gasteiger partial charge in [0.2, 0.25) is 0 Å². The molecule has 5 heteroatoms. The van der Waals surface area contributed by atoms with Gasteiger partial charge < -0.3 is 14.7 Å². The summed E-state index contributed by atoms with van der Waals surface area (Å²) in [6, 6.07) is 5.81. The second kappa shape index (κ2) is 6.16. The number of benzene rings is 1. The minimum atomic E-state index is -0.980. The van der Waals surface area contributed by atoms with Crippen LogP contribution in [0.3, 0.4) is 0 Å². The van der Waals surface area contributed by atoms with Crippen LogP contribution in [0.15, 0.2) is 18.2 Å². The maximum atomic E-state index is 12.0. The number of ether oxygens (including phenoxy) is 1. The van der Waals surface area contributed by atoms with E-state index in [1.807, 2.05) is 25.1 Å². The molecule has 0 aliphatic carbocycles. The zero-order chi connectivity index (χ0) is 15.6. The zero-order valence-corrected chi connectivity index (χ0v) is 12.6. The fourth-order valence-electron chi connectivity index (χ4n) is 2.83. The number of hydrogen-bond acceptors (Lipinski definition) is 4. The molecule has 1 aromatic rings. The van der Waals surface area contributed by atoms with Crippen molar-refractivity contribution in [2.24, 2.45) is 5.92 Å². The van der Waals surface area contributed by atoms with E-state index in [1.165, 1.54) is 0 Å². The number of fused-ring (bicyclic) bond motifs is 1. The van der Waals surface area contributed by atoms with Crippen molar-refractivity contribution in [1.82, 2.24) is 0 Å². The molecule has 0 spiro atoms. The quantitative estimate of drug-likeness (QED) is 0.667. The van der Waals surface area contributed by atoms with E-state index < -0.39 is 17.9 Å². The zero-order valence-electron chi connectivity index (χ0n) is 12.6. The summed E-state index contributed by atoms with van der Waals surface area (Å²) in [4.78, 5) is 25.1. The molecule has 0 saturated carbocycles. The summed E-state index contributed by atoms with van der Waals surface area (Å²) in [7, 11) is 0. The fraction of sp³-hybridized carbons (Fsp3) is 0.500. The summed E-state index contributed by atoms with van der Waals surface area (Å²) in [6.07, 6.45) is -0.197. The number of hydrogen-bond donors (Lipinski definition) is 1. The Balaban J connectivity index is 2.33. The van der Waals surface area contributed by atoms with Crippen LogP contribution in [0.5, 0.6) is 5.75 Å². The van der Waals surface area contributed by atoms with Gasteiger partial charge in [-0.05, 0) is 31.4 Å². The van der Waals surface area contributed by atoms with Crippen LogP contribution < -0.4 is 9.64 Å². The molecule has 0 bridgehead atoms. The third kappa shape index (κ3) is 3.01. The summed E-state index contributed by atoms with van der Waals surface area (Å²) >= 11 is 0. The van der Waals surface area contributed by atoms with Crippen LogP contribution in [-0.4, -0.2) is 30.1 Å². The standard InChI is InChI=1S/C16H21NO4/c1-4-17(5-2)11-6-7-12-10(3)13(9-15(18)19)16(20)21-14(12)8-11/h6-8,10,13H,4-5,9H2,1-3H3,(H,18,19). The second-order valence-electron chi connectivity index (χ2n) is 5.31. The molecule has 114 valence electrons. The molecule has 1 aliphatic heterocycles. The van der Waals surface area contributed by atoms with Gasteiger partial charge in [0.25, 0.3) is 0 Å². The molecule has 5 nitrogen and oxygen atoms in total. The average molecular weight is 291 g/mol. The number of nitrogens with zero attached hydrogens (tertiary/aromatic N) is 1. The van der Waals surface area contributed by atoms with Crippen molar-refractivity contribution in [3.63, 3.8) is 0 Å². The van der Waals surface area contributed by atoms with Crippen LogP contribution >= 0.6 is 0 Å². The molecular formula is C16H21NO4. The third-order valence-corrected chi connectivity index (χ3v) is 4.13. The lowest BCUT2D eigenvalue weighted by Gasteiger charge is -2.30. The number of carboxylic acids is 1. The first kappa shape index (κ1) is 15.4. The first-order valence-electron chi connectivity index (χ1n) is 7.30. The van der Waals surface area contributed by atoms with Gasteiger partial charge in [0.1, 0.15) is 5.75 Å². The first-order chi connectivity index (χ1) is 9.97. The molecule has 2 atom stereocenters. The van der Waals surface area contributed by atoms with Crippen LogP contribution in [0.2, 0.25) is 0 Å². The van der Waals surface area contributed by atoms with E-state index in [4.69, 9.17) is 9.84 Å². The molecule has 2 unspecified atom stereocenters. The largest absolute Gasteiger partial charge is 0.481 e. The van der Waals surface area contributed by atoms with E-state index in [9.17, 15) is 9.59 Å². The Morgan fingerprint density at radius 2 is 2.00 bits per heavy atom. The van der Waals surface area contributed by atoms with Gasteiger partial charge in [-0.3, -0.25) is 9.59 Å². The Bertz CT molecular complexity index is 551. The number of carbonyl (C=O) groups excluding carboxylic acids is 1. The Kier molecular flexibility index (Phi) is 4.50. The van der Waals surface area contributed by atoms with Crippen molar-refractivity contribution in [2.75, 3.05) is 18.0 Å². The lowest BCUT2D eigenvalue weighted by atomic mass is 9.83. The molecule has 21 heavy (non-hydrogen) atoms. The second-order valence-corrected chi connectivity index (χ2v) is 5.31. The Morgan fingerprint density at radius 1 is 1.33 bits per heavy atom. The Morgan fingerprint density at radius 3 is 2.57 bits per heavy atom. The van der Waals surface area contributed by atoms with E-state index in [0.29, 0.717) is 5.75 Å². The number of rotatable bonds is 5. The molecule has 0 aromatic heterocycles. The first-order valence-corrected chi connectivity index (χ1v) is 7.30. The minimum absolute atomic E-state index is 0.150. The van der Waals surface area contributed by atoms with Crippen molar-refractivity contribution in [3.05, 3.63) is 23.8 Å². The summed E-state index contributed by atoms with van der Waals surface area (Å²) in [6.45, 7) is 7.77. The van der Waals surface area contributed by atoms with E-state index in [1.54, 1.807) is 0 Å². The fourth-order valence-corrected chi connectivity index (χ4v) is 2.83. The van der Waals surface area contributed by atoms with Crippen LogP contribution in [0.4, 0.5) is 5.69 Å². The van der Waals surface area contributed by atoms with Gasteiger partial charge in [-0.2, -0.15) is 0 Å². The molecule has 1 aliphatic rings. The molecule has 1 aromatic carbocycles. The predicted molar refractivity (Wildman–Crippen MR) is 79.8 cm³/mol. The van der Waals surface area contributed by atoms with Crippen LogP contribution in [0, 0.1) is 5.92 Å². The summed E-state index contributed by atoms with van der Waals surface area (Å²) in [5.74, 6) is -1.64. The highest BCUT2D eigenvalue weighted by molar-refractivity contribution is 5.84. The van der Waals surface area contributed by atoms with Crippen LogP contribution in [0.25, 0.3) is 0 Å². The van der Waals surface area contributed by atoms with Gasteiger partial charge in [-0.25, -0.2) is 0 Å². The predicted octanol–water partition coefficient (Wildman–Crippen LogP) is 2.65. The number of carboxylic acid groups (broad SMARTS) is 1. The minimum Gasteiger partial charge on any atom is -0.481 e.